The normalized spacial score (nSPS) is 20.9. The van der Waals surface area contributed by atoms with Gasteiger partial charge in [-0.2, -0.15) is 0 Å². The molecule has 0 aliphatic carbocycles. The van der Waals surface area contributed by atoms with E-state index in [0.717, 1.165) is 30.9 Å². The Morgan fingerprint density at radius 3 is 2.63 bits per heavy atom. The third-order valence-electron chi connectivity index (χ3n) is 3.47. The lowest BCUT2D eigenvalue weighted by Gasteiger charge is -2.37. The van der Waals surface area contributed by atoms with E-state index < -0.39 is 0 Å². The van der Waals surface area contributed by atoms with Crippen LogP contribution < -0.4 is 5.73 Å². The number of likely N-dealkylation sites (N-methyl/N-ethyl adjacent to an activating group) is 1. The number of amides is 1. The molecule has 1 saturated heterocycles. The number of carbonyl (C=O) groups is 1. The molecule has 0 saturated carbocycles. The van der Waals surface area contributed by atoms with Crippen LogP contribution in [-0.2, 0) is 4.79 Å². The molecule has 0 bridgehead atoms. The maximum atomic E-state index is 12.2. The van der Waals surface area contributed by atoms with E-state index in [0.29, 0.717) is 0 Å². The molecular weight excluding hydrogens is 238 g/mol. The van der Waals surface area contributed by atoms with Crippen molar-refractivity contribution in [1.82, 2.24) is 9.80 Å². The van der Waals surface area contributed by atoms with E-state index in [1.165, 1.54) is 0 Å². The summed E-state index contributed by atoms with van der Waals surface area (Å²) in [6.45, 7) is 4.75. The zero-order valence-electron chi connectivity index (χ0n) is 11.5. The zero-order valence-corrected chi connectivity index (χ0v) is 11.5. The first-order valence-corrected chi connectivity index (χ1v) is 6.59. The van der Waals surface area contributed by atoms with Gasteiger partial charge in [-0.25, -0.2) is 0 Å². The number of nitrogens with two attached hydrogens (primary N) is 1. The van der Waals surface area contributed by atoms with Crippen molar-refractivity contribution in [3.05, 3.63) is 35.9 Å². The molecule has 1 aromatic rings. The van der Waals surface area contributed by atoms with E-state index in [1.807, 2.05) is 35.2 Å². The van der Waals surface area contributed by atoms with E-state index in [4.69, 9.17) is 5.73 Å². The quantitative estimate of drug-likeness (QED) is 0.646. The van der Waals surface area contributed by atoms with Crippen LogP contribution in [0.25, 0.3) is 6.08 Å². The van der Waals surface area contributed by atoms with Crippen molar-refractivity contribution in [2.45, 2.75) is 13.0 Å². The number of piperazine rings is 1. The minimum atomic E-state index is 0.0809. The Hall–Kier alpha value is -1.81. The minimum Gasteiger partial charge on any atom is -0.399 e. The Bertz CT molecular complexity index is 467. The molecule has 1 atom stereocenters. The van der Waals surface area contributed by atoms with Crippen molar-refractivity contribution in [1.29, 1.82) is 0 Å². The monoisotopic (exact) mass is 259 g/mol. The van der Waals surface area contributed by atoms with Crippen LogP contribution in [0.5, 0.6) is 0 Å². The van der Waals surface area contributed by atoms with Gasteiger partial charge in [0.15, 0.2) is 0 Å². The Morgan fingerprint density at radius 2 is 2.00 bits per heavy atom. The first-order chi connectivity index (χ1) is 9.06. The second-order valence-corrected chi connectivity index (χ2v) is 5.14. The van der Waals surface area contributed by atoms with Crippen LogP contribution in [0, 0.1) is 0 Å². The largest absolute Gasteiger partial charge is 0.399 e. The summed E-state index contributed by atoms with van der Waals surface area (Å²) in [5.74, 6) is 0.0809. The topological polar surface area (TPSA) is 49.6 Å². The second kappa shape index (κ2) is 5.89. The van der Waals surface area contributed by atoms with Gasteiger partial charge in [-0.15, -0.1) is 0 Å². The fourth-order valence-corrected chi connectivity index (χ4v) is 2.34. The molecule has 1 aromatic carbocycles. The smallest absolute Gasteiger partial charge is 0.246 e. The maximum Gasteiger partial charge on any atom is 0.246 e. The Balaban J connectivity index is 1.98. The number of hydrogen-bond donors (Lipinski definition) is 1. The third kappa shape index (κ3) is 3.58. The van der Waals surface area contributed by atoms with Gasteiger partial charge in [0.1, 0.15) is 0 Å². The fourth-order valence-electron chi connectivity index (χ4n) is 2.34. The average molecular weight is 259 g/mol. The molecule has 4 nitrogen and oxygen atoms in total. The Morgan fingerprint density at radius 1 is 1.32 bits per heavy atom. The van der Waals surface area contributed by atoms with Gasteiger partial charge in [-0.1, -0.05) is 12.1 Å². The van der Waals surface area contributed by atoms with Gasteiger partial charge in [-0.05, 0) is 37.7 Å². The summed E-state index contributed by atoms with van der Waals surface area (Å²) >= 11 is 0. The summed E-state index contributed by atoms with van der Waals surface area (Å²) in [4.78, 5) is 16.3. The SMILES string of the molecule is CC1CN(C)CCN1C(=O)/C=C/c1ccc(N)cc1. The summed E-state index contributed by atoms with van der Waals surface area (Å²) in [6.07, 6.45) is 3.49. The van der Waals surface area contributed by atoms with E-state index in [9.17, 15) is 4.79 Å². The minimum absolute atomic E-state index is 0.0809. The molecule has 1 fully saturated rings. The van der Waals surface area contributed by atoms with Gasteiger partial charge >= 0.3 is 0 Å². The lowest BCUT2D eigenvalue weighted by Crippen LogP contribution is -2.52. The maximum absolute atomic E-state index is 12.2. The summed E-state index contributed by atoms with van der Waals surface area (Å²) in [5.41, 5.74) is 7.35. The number of hydrogen-bond acceptors (Lipinski definition) is 3. The second-order valence-electron chi connectivity index (χ2n) is 5.14. The zero-order chi connectivity index (χ0) is 13.8. The number of benzene rings is 1. The van der Waals surface area contributed by atoms with Crippen LogP contribution in [0.1, 0.15) is 12.5 Å². The molecule has 1 aliphatic rings. The van der Waals surface area contributed by atoms with Crippen LogP contribution >= 0.6 is 0 Å². The van der Waals surface area contributed by atoms with Gasteiger partial charge in [0.05, 0.1) is 0 Å². The molecule has 1 aliphatic heterocycles. The molecule has 0 spiro atoms. The van der Waals surface area contributed by atoms with Crippen LogP contribution in [0.15, 0.2) is 30.3 Å². The van der Waals surface area contributed by atoms with E-state index in [1.54, 1.807) is 6.08 Å². The average Bonchev–Trinajstić information content (AvgIpc) is 2.37. The molecule has 0 radical (unpaired) electrons. The highest BCUT2D eigenvalue weighted by Gasteiger charge is 2.23. The van der Waals surface area contributed by atoms with Crippen LogP contribution in [0.4, 0.5) is 5.69 Å². The number of nitrogen functional groups attached to an aromatic ring is 1. The summed E-state index contributed by atoms with van der Waals surface area (Å²) < 4.78 is 0. The molecule has 102 valence electrons. The molecule has 1 heterocycles. The fraction of sp³-hybridized carbons (Fsp3) is 0.400. The molecule has 4 heteroatoms. The van der Waals surface area contributed by atoms with Crippen molar-refractivity contribution in [3.63, 3.8) is 0 Å². The third-order valence-corrected chi connectivity index (χ3v) is 3.47. The molecule has 1 unspecified atom stereocenters. The molecule has 19 heavy (non-hydrogen) atoms. The highest BCUT2D eigenvalue weighted by Crippen LogP contribution is 2.11. The van der Waals surface area contributed by atoms with Gasteiger partial charge in [0.25, 0.3) is 0 Å². The van der Waals surface area contributed by atoms with Crippen LogP contribution in [-0.4, -0.2) is 48.4 Å². The van der Waals surface area contributed by atoms with Crippen molar-refractivity contribution >= 4 is 17.7 Å². The Labute approximate surface area is 114 Å². The highest BCUT2D eigenvalue weighted by atomic mass is 16.2. The molecule has 2 rings (SSSR count). The first kappa shape index (κ1) is 13.6. The lowest BCUT2D eigenvalue weighted by atomic mass is 10.1. The van der Waals surface area contributed by atoms with Gasteiger partial charge in [0.2, 0.25) is 5.91 Å². The van der Waals surface area contributed by atoms with Gasteiger partial charge < -0.3 is 15.5 Å². The predicted octanol–water partition coefficient (Wildman–Crippen LogP) is 1.44. The number of carbonyl (C=O) groups excluding carboxylic acids is 1. The molecular formula is C15H21N3O. The van der Waals surface area contributed by atoms with Crippen molar-refractivity contribution < 1.29 is 4.79 Å². The van der Waals surface area contributed by atoms with E-state index in [-0.39, 0.29) is 11.9 Å². The van der Waals surface area contributed by atoms with Gasteiger partial charge in [0, 0.05) is 37.4 Å². The number of rotatable bonds is 2. The van der Waals surface area contributed by atoms with Crippen LogP contribution in [0.2, 0.25) is 0 Å². The van der Waals surface area contributed by atoms with E-state index >= 15 is 0 Å². The molecule has 2 N–H and O–H groups in total. The first-order valence-electron chi connectivity index (χ1n) is 6.59. The highest BCUT2D eigenvalue weighted by molar-refractivity contribution is 5.92. The van der Waals surface area contributed by atoms with Crippen molar-refractivity contribution in [2.24, 2.45) is 0 Å². The standard InChI is InChI=1S/C15H21N3O/c1-12-11-17(2)9-10-18(12)15(19)8-5-13-3-6-14(16)7-4-13/h3-8,12H,9-11,16H2,1-2H3/b8-5+. The van der Waals surface area contributed by atoms with Crippen molar-refractivity contribution in [2.75, 3.05) is 32.4 Å². The van der Waals surface area contributed by atoms with E-state index in [2.05, 4.69) is 18.9 Å². The lowest BCUT2D eigenvalue weighted by molar-refractivity contribution is -0.130. The molecule has 1 amide bonds. The number of nitrogens with zero attached hydrogens (tertiary/aromatic N) is 2. The predicted molar refractivity (Wildman–Crippen MR) is 78.6 cm³/mol. The Kier molecular flexibility index (Phi) is 4.22. The van der Waals surface area contributed by atoms with Crippen LogP contribution in [0.3, 0.4) is 0 Å². The molecule has 0 aromatic heterocycles. The van der Waals surface area contributed by atoms with Gasteiger partial charge in [-0.3, -0.25) is 4.79 Å². The van der Waals surface area contributed by atoms with Crippen molar-refractivity contribution in [3.8, 4) is 0 Å². The summed E-state index contributed by atoms with van der Waals surface area (Å²) in [5, 5.41) is 0. The summed E-state index contributed by atoms with van der Waals surface area (Å²) in [7, 11) is 2.09. The number of anilines is 1. The summed E-state index contributed by atoms with van der Waals surface area (Å²) in [6, 6.07) is 7.76.